The van der Waals surface area contributed by atoms with Crippen LogP contribution in [-0.4, -0.2) is 36.3 Å². The molecule has 0 atom stereocenters. The van der Waals surface area contributed by atoms with E-state index in [2.05, 4.69) is 38.6 Å². The normalized spacial score (nSPS) is 11.0. The first-order valence-corrected chi connectivity index (χ1v) is 11.4. The number of rotatable bonds is 9. The predicted molar refractivity (Wildman–Crippen MR) is 138 cm³/mol. The summed E-state index contributed by atoms with van der Waals surface area (Å²) in [6.07, 6.45) is 1.84. The lowest BCUT2D eigenvalue weighted by atomic mass is 10.1. The lowest BCUT2D eigenvalue weighted by molar-refractivity contribution is -0.125. The van der Waals surface area contributed by atoms with E-state index in [-0.39, 0.29) is 18.9 Å². The van der Waals surface area contributed by atoms with Crippen LogP contribution in [0.1, 0.15) is 22.4 Å². The Labute approximate surface area is 204 Å². The fourth-order valence-electron chi connectivity index (χ4n) is 3.97. The van der Waals surface area contributed by atoms with Crippen molar-refractivity contribution in [2.45, 2.75) is 19.9 Å². The SMILES string of the molecule is COc1ccc(CC(=O)NCC(=O)N/N=C\c2c(C)n(Cc3ccccc3)c3ccccc23)cc1. The average molecular weight is 469 g/mol. The molecule has 4 aromatic rings. The molecule has 0 saturated carbocycles. The summed E-state index contributed by atoms with van der Waals surface area (Å²) in [4.78, 5) is 24.4. The zero-order valence-corrected chi connectivity index (χ0v) is 19.8. The third-order valence-corrected chi connectivity index (χ3v) is 5.82. The lowest BCUT2D eigenvalue weighted by Crippen LogP contribution is -2.35. The van der Waals surface area contributed by atoms with E-state index in [9.17, 15) is 9.59 Å². The number of hydrogen-bond acceptors (Lipinski definition) is 4. The Bertz CT molecular complexity index is 1340. The fourth-order valence-corrected chi connectivity index (χ4v) is 3.97. The molecule has 0 aliphatic carbocycles. The van der Waals surface area contributed by atoms with Crippen LogP contribution in [0.2, 0.25) is 0 Å². The van der Waals surface area contributed by atoms with Crippen LogP contribution in [0.15, 0.2) is 84.0 Å². The van der Waals surface area contributed by atoms with Crippen molar-refractivity contribution in [2.24, 2.45) is 5.10 Å². The molecule has 3 aromatic carbocycles. The Morgan fingerprint density at radius 3 is 2.37 bits per heavy atom. The van der Waals surface area contributed by atoms with Gasteiger partial charge in [0, 0.05) is 28.7 Å². The van der Waals surface area contributed by atoms with Crippen molar-refractivity contribution in [3.63, 3.8) is 0 Å². The zero-order chi connectivity index (χ0) is 24.6. The van der Waals surface area contributed by atoms with E-state index in [4.69, 9.17) is 4.74 Å². The number of ether oxygens (including phenoxy) is 1. The summed E-state index contributed by atoms with van der Waals surface area (Å²) in [7, 11) is 1.59. The Kier molecular flexibility index (Phi) is 7.57. The van der Waals surface area contributed by atoms with Crippen LogP contribution in [0.25, 0.3) is 10.9 Å². The first kappa shape index (κ1) is 23.8. The number of hydrogen-bond donors (Lipinski definition) is 2. The highest BCUT2D eigenvalue weighted by Gasteiger charge is 2.13. The molecule has 0 saturated heterocycles. The summed E-state index contributed by atoms with van der Waals surface area (Å²) in [6, 6.07) is 25.6. The van der Waals surface area contributed by atoms with Crippen LogP contribution >= 0.6 is 0 Å². The number of benzene rings is 3. The fraction of sp³-hybridized carbons (Fsp3) is 0.179. The smallest absolute Gasteiger partial charge is 0.259 e. The van der Waals surface area contributed by atoms with Crippen molar-refractivity contribution >= 4 is 28.9 Å². The second kappa shape index (κ2) is 11.2. The van der Waals surface area contributed by atoms with Gasteiger partial charge < -0.3 is 14.6 Å². The van der Waals surface area contributed by atoms with E-state index >= 15 is 0 Å². The number of nitrogens with zero attached hydrogens (tertiary/aromatic N) is 2. The molecule has 7 nitrogen and oxygen atoms in total. The number of carbonyl (C=O) groups excluding carboxylic acids is 2. The van der Waals surface area contributed by atoms with E-state index in [0.29, 0.717) is 0 Å². The second-order valence-corrected chi connectivity index (χ2v) is 8.18. The summed E-state index contributed by atoms with van der Waals surface area (Å²) < 4.78 is 7.36. The average Bonchev–Trinajstić information content (AvgIpc) is 3.14. The first-order chi connectivity index (χ1) is 17.0. The van der Waals surface area contributed by atoms with Gasteiger partial charge in [0.1, 0.15) is 5.75 Å². The van der Waals surface area contributed by atoms with Gasteiger partial charge in [0.2, 0.25) is 5.91 Å². The maximum Gasteiger partial charge on any atom is 0.259 e. The van der Waals surface area contributed by atoms with Crippen molar-refractivity contribution in [3.05, 3.63) is 101 Å². The number of hydrazone groups is 1. The Hall–Kier alpha value is -4.39. The number of fused-ring (bicyclic) bond motifs is 1. The molecule has 0 radical (unpaired) electrons. The third kappa shape index (κ3) is 5.95. The van der Waals surface area contributed by atoms with Gasteiger partial charge in [0.05, 0.1) is 26.3 Å². The van der Waals surface area contributed by atoms with Crippen LogP contribution in [-0.2, 0) is 22.6 Å². The number of amides is 2. The number of carbonyl (C=O) groups is 2. The summed E-state index contributed by atoms with van der Waals surface area (Å²) in [5.41, 5.74) is 7.66. The minimum absolute atomic E-state index is 0.152. The first-order valence-electron chi connectivity index (χ1n) is 11.4. The second-order valence-electron chi connectivity index (χ2n) is 8.18. The van der Waals surface area contributed by atoms with Crippen molar-refractivity contribution in [2.75, 3.05) is 13.7 Å². The highest BCUT2D eigenvalue weighted by atomic mass is 16.5. The molecule has 0 aliphatic heterocycles. The van der Waals surface area contributed by atoms with E-state index < -0.39 is 5.91 Å². The molecule has 178 valence electrons. The molecule has 1 aromatic heterocycles. The van der Waals surface area contributed by atoms with Gasteiger partial charge in [-0.1, -0.05) is 60.7 Å². The predicted octanol–water partition coefficient (Wildman–Crippen LogP) is 3.82. The molecule has 0 fully saturated rings. The molecule has 4 rings (SSSR count). The van der Waals surface area contributed by atoms with Crippen LogP contribution in [0, 0.1) is 6.92 Å². The van der Waals surface area contributed by atoms with E-state index in [1.165, 1.54) is 5.56 Å². The van der Waals surface area contributed by atoms with E-state index in [1.807, 2.05) is 55.5 Å². The summed E-state index contributed by atoms with van der Waals surface area (Å²) >= 11 is 0. The lowest BCUT2D eigenvalue weighted by Gasteiger charge is -2.08. The molecule has 2 amide bonds. The maximum atomic E-state index is 12.2. The van der Waals surface area contributed by atoms with Crippen LogP contribution in [0.5, 0.6) is 5.75 Å². The molecule has 2 N–H and O–H groups in total. The molecule has 0 bridgehead atoms. The number of aromatic nitrogens is 1. The summed E-state index contributed by atoms with van der Waals surface area (Å²) in [6.45, 7) is 2.64. The van der Waals surface area contributed by atoms with Crippen molar-refractivity contribution in [1.29, 1.82) is 0 Å². The molecule has 35 heavy (non-hydrogen) atoms. The number of nitrogens with one attached hydrogen (secondary N) is 2. The molecular weight excluding hydrogens is 440 g/mol. The molecule has 0 aliphatic rings. The number of methoxy groups -OCH3 is 1. The number of para-hydroxylation sites is 1. The highest BCUT2D eigenvalue weighted by molar-refractivity contribution is 6.01. The molecule has 1 heterocycles. The molecular formula is C28H28N4O3. The Morgan fingerprint density at radius 1 is 0.914 bits per heavy atom. The van der Waals surface area contributed by atoms with Gasteiger partial charge >= 0.3 is 0 Å². The van der Waals surface area contributed by atoms with Crippen molar-refractivity contribution in [1.82, 2.24) is 15.3 Å². The van der Waals surface area contributed by atoms with E-state index in [1.54, 1.807) is 25.5 Å². The molecule has 7 heteroatoms. The van der Waals surface area contributed by atoms with Crippen molar-refractivity contribution in [3.8, 4) is 5.75 Å². The Morgan fingerprint density at radius 2 is 1.63 bits per heavy atom. The van der Waals surface area contributed by atoms with Gasteiger partial charge in [-0.2, -0.15) is 5.10 Å². The van der Waals surface area contributed by atoms with Crippen LogP contribution in [0.3, 0.4) is 0 Å². The van der Waals surface area contributed by atoms with Gasteiger partial charge in [0.25, 0.3) is 5.91 Å². The summed E-state index contributed by atoms with van der Waals surface area (Å²) in [5, 5.41) is 7.83. The van der Waals surface area contributed by atoms with E-state index in [0.717, 1.165) is 40.0 Å². The van der Waals surface area contributed by atoms with Gasteiger partial charge in [-0.05, 0) is 36.2 Å². The quantitative estimate of drug-likeness (QED) is 0.289. The molecule has 0 unspecified atom stereocenters. The van der Waals surface area contributed by atoms with Crippen LogP contribution in [0.4, 0.5) is 0 Å². The standard InChI is InChI=1S/C28H28N4O3/c1-20-25(24-10-6-7-11-26(24)32(20)19-22-8-4-3-5-9-22)17-30-31-28(34)18-29-27(33)16-21-12-14-23(35-2)15-13-21/h3-15,17H,16,18-19H2,1-2H3,(H,29,33)(H,31,34)/b30-17-. The minimum Gasteiger partial charge on any atom is -0.497 e. The van der Waals surface area contributed by atoms with Gasteiger partial charge in [-0.25, -0.2) is 5.43 Å². The molecule has 0 spiro atoms. The zero-order valence-electron chi connectivity index (χ0n) is 19.8. The van der Waals surface area contributed by atoms with Gasteiger partial charge in [-0.15, -0.1) is 0 Å². The summed E-state index contributed by atoms with van der Waals surface area (Å²) in [5.74, 6) is 0.0916. The van der Waals surface area contributed by atoms with Crippen LogP contribution < -0.4 is 15.5 Å². The van der Waals surface area contributed by atoms with Gasteiger partial charge in [0.15, 0.2) is 0 Å². The highest BCUT2D eigenvalue weighted by Crippen LogP contribution is 2.25. The maximum absolute atomic E-state index is 12.2. The van der Waals surface area contributed by atoms with Crippen molar-refractivity contribution < 1.29 is 14.3 Å². The third-order valence-electron chi connectivity index (χ3n) is 5.82. The Balaban J connectivity index is 1.36. The topological polar surface area (TPSA) is 84.7 Å². The minimum atomic E-state index is -0.394. The monoisotopic (exact) mass is 468 g/mol. The van der Waals surface area contributed by atoms with Gasteiger partial charge in [-0.3, -0.25) is 9.59 Å². The largest absolute Gasteiger partial charge is 0.497 e.